The molecule has 3 rings (SSSR count). The largest absolute Gasteiger partial charge is 0.378 e. The minimum absolute atomic E-state index is 0.386. The van der Waals surface area contributed by atoms with E-state index >= 15 is 0 Å². The molecule has 3 aromatic heterocycles. The van der Waals surface area contributed by atoms with Gasteiger partial charge in [-0.05, 0) is 12.1 Å². The first kappa shape index (κ1) is 12.5. The smallest absolute Gasteiger partial charge is 0.182 e. The predicted octanol–water partition coefficient (Wildman–Crippen LogP) is 1.22. The Kier molecular flexibility index (Phi) is 3.28. The molecule has 0 amide bonds. The van der Waals surface area contributed by atoms with Crippen LogP contribution in [-0.2, 0) is 11.3 Å². The summed E-state index contributed by atoms with van der Waals surface area (Å²) in [5, 5.41) is 0. The number of nitrogens with one attached hydrogen (secondary N) is 1. The number of pyridine rings is 1. The summed E-state index contributed by atoms with van der Waals surface area (Å²) < 4.78 is 7.01. The summed E-state index contributed by atoms with van der Waals surface area (Å²) in [5.74, 6) is 6.47. The van der Waals surface area contributed by atoms with Crippen LogP contribution in [0.5, 0.6) is 0 Å². The van der Waals surface area contributed by atoms with E-state index < -0.39 is 0 Å². The number of hydrazine groups is 1. The summed E-state index contributed by atoms with van der Waals surface area (Å²) in [7, 11) is 1.61. The number of imidazole rings is 1. The maximum Gasteiger partial charge on any atom is 0.182 e. The van der Waals surface area contributed by atoms with Crippen LogP contribution in [0.4, 0.5) is 5.82 Å². The average Bonchev–Trinajstić information content (AvgIpc) is 2.91. The van der Waals surface area contributed by atoms with Crippen molar-refractivity contribution in [3.8, 4) is 11.5 Å². The van der Waals surface area contributed by atoms with E-state index in [4.69, 9.17) is 10.6 Å². The third-order valence-corrected chi connectivity index (χ3v) is 2.81. The molecule has 102 valence electrons. The minimum atomic E-state index is 0.386. The Bertz CT molecular complexity index is 706. The number of anilines is 1. The number of fused-ring (bicyclic) bond motifs is 1. The first-order chi connectivity index (χ1) is 9.80. The van der Waals surface area contributed by atoms with E-state index in [-0.39, 0.29) is 0 Å². The molecule has 0 aliphatic heterocycles. The standard InChI is InChI=1S/C13H14N6O/c1-20-8-9-6-11(18-14)17-13(15-9)10-7-19-5-3-2-4-12(19)16-10/h2-7H,8,14H2,1H3,(H,15,17,18). The molecular weight excluding hydrogens is 256 g/mol. The summed E-state index contributed by atoms with van der Waals surface area (Å²) in [6.45, 7) is 0.386. The third kappa shape index (κ3) is 2.31. The second-order valence-electron chi connectivity index (χ2n) is 4.24. The first-order valence-corrected chi connectivity index (χ1v) is 6.08. The van der Waals surface area contributed by atoms with Crippen molar-refractivity contribution in [2.24, 2.45) is 5.84 Å². The van der Waals surface area contributed by atoms with Gasteiger partial charge < -0.3 is 14.6 Å². The van der Waals surface area contributed by atoms with E-state index in [1.807, 2.05) is 35.0 Å². The van der Waals surface area contributed by atoms with Crippen LogP contribution in [0, 0.1) is 0 Å². The predicted molar refractivity (Wildman–Crippen MR) is 74.7 cm³/mol. The molecule has 0 radical (unpaired) electrons. The van der Waals surface area contributed by atoms with Gasteiger partial charge in [0.15, 0.2) is 5.82 Å². The van der Waals surface area contributed by atoms with E-state index in [0.29, 0.717) is 23.9 Å². The SMILES string of the molecule is COCc1cc(NN)nc(-c2cn3ccccc3n2)n1. The van der Waals surface area contributed by atoms with Crippen molar-refractivity contribution >= 4 is 11.5 Å². The molecule has 0 atom stereocenters. The van der Waals surface area contributed by atoms with Crippen molar-refractivity contribution in [3.63, 3.8) is 0 Å². The molecule has 0 spiro atoms. The molecule has 3 aromatic rings. The minimum Gasteiger partial charge on any atom is -0.378 e. The fourth-order valence-corrected chi connectivity index (χ4v) is 1.95. The number of nitrogen functional groups attached to an aromatic ring is 1. The highest BCUT2D eigenvalue weighted by molar-refractivity contribution is 5.57. The van der Waals surface area contributed by atoms with Crippen LogP contribution >= 0.6 is 0 Å². The average molecular weight is 270 g/mol. The van der Waals surface area contributed by atoms with E-state index in [2.05, 4.69) is 20.4 Å². The molecule has 20 heavy (non-hydrogen) atoms. The summed E-state index contributed by atoms with van der Waals surface area (Å²) in [4.78, 5) is 13.2. The van der Waals surface area contributed by atoms with Gasteiger partial charge in [0.25, 0.3) is 0 Å². The van der Waals surface area contributed by atoms with Crippen molar-refractivity contribution in [2.45, 2.75) is 6.61 Å². The molecule has 7 heteroatoms. The van der Waals surface area contributed by atoms with Gasteiger partial charge in [0.1, 0.15) is 17.2 Å². The molecule has 0 aromatic carbocycles. The lowest BCUT2D eigenvalue weighted by atomic mass is 10.3. The number of hydrogen-bond donors (Lipinski definition) is 2. The van der Waals surface area contributed by atoms with Crippen LogP contribution in [0.3, 0.4) is 0 Å². The number of methoxy groups -OCH3 is 1. The van der Waals surface area contributed by atoms with E-state index in [9.17, 15) is 0 Å². The molecule has 0 saturated heterocycles. The van der Waals surface area contributed by atoms with Gasteiger partial charge in [-0.25, -0.2) is 20.8 Å². The Hall–Kier alpha value is -2.51. The molecular formula is C13H14N6O. The molecule has 0 aliphatic carbocycles. The number of ether oxygens (including phenoxy) is 1. The van der Waals surface area contributed by atoms with Gasteiger partial charge in [-0.3, -0.25) is 0 Å². The number of nitrogens with zero attached hydrogens (tertiary/aromatic N) is 4. The number of nitrogens with two attached hydrogens (primary N) is 1. The second kappa shape index (κ2) is 5.24. The molecule has 0 aliphatic rings. The Morgan fingerprint density at radius 1 is 1.30 bits per heavy atom. The Balaban J connectivity index is 2.09. The first-order valence-electron chi connectivity index (χ1n) is 6.08. The van der Waals surface area contributed by atoms with Gasteiger partial charge in [-0.15, -0.1) is 0 Å². The summed E-state index contributed by atoms with van der Waals surface area (Å²) in [6.07, 6.45) is 3.80. The van der Waals surface area contributed by atoms with Gasteiger partial charge >= 0.3 is 0 Å². The zero-order chi connectivity index (χ0) is 13.9. The number of hydrogen-bond acceptors (Lipinski definition) is 6. The topological polar surface area (TPSA) is 90.4 Å². The van der Waals surface area contributed by atoms with Crippen molar-refractivity contribution in [1.29, 1.82) is 0 Å². The van der Waals surface area contributed by atoms with Crippen molar-refractivity contribution < 1.29 is 4.74 Å². The molecule has 0 saturated carbocycles. The molecule has 0 unspecified atom stereocenters. The zero-order valence-corrected chi connectivity index (χ0v) is 10.9. The van der Waals surface area contributed by atoms with Crippen LogP contribution in [0.25, 0.3) is 17.2 Å². The van der Waals surface area contributed by atoms with Gasteiger partial charge in [0.05, 0.1) is 12.3 Å². The fraction of sp³-hybridized carbons (Fsp3) is 0.154. The maximum absolute atomic E-state index is 5.43. The number of rotatable bonds is 4. The van der Waals surface area contributed by atoms with E-state index in [0.717, 1.165) is 11.3 Å². The summed E-state index contributed by atoms with van der Waals surface area (Å²) >= 11 is 0. The highest BCUT2D eigenvalue weighted by Gasteiger charge is 2.10. The van der Waals surface area contributed by atoms with Crippen molar-refractivity contribution in [1.82, 2.24) is 19.4 Å². The van der Waals surface area contributed by atoms with Crippen LogP contribution in [-0.4, -0.2) is 26.5 Å². The summed E-state index contributed by atoms with van der Waals surface area (Å²) in [5.41, 5.74) is 4.79. The normalized spacial score (nSPS) is 10.9. The third-order valence-electron chi connectivity index (χ3n) is 2.81. The maximum atomic E-state index is 5.43. The van der Waals surface area contributed by atoms with E-state index in [1.54, 1.807) is 13.2 Å². The van der Waals surface area contributed by atoms with Gasteiger partial charge in [-0.2, -0.15) is 0 Å². The second-order valence-corrected chi connectivity index (χ2v) is 4.24. The lowest BCUT2D eigenvalue weighted by Gasteiger charge is -2.05. The van der Waals surface area contributed by atoms with Crippen molar-refractivity contribution in [2.75, 3.05) is 12.5 Å². The van der Waals surface area contributed by atoms with Crippen LogP contribution in [0.2, 0.25) is 0 Å². The molecule has 0 fully saturated rings. The summed E-state index contributed by atoms with van der Waals surface area (Å²) in [6, 6.07) is 7.53. The quantitative estimate of drug-likeness (QED) is 0.547. The van der Waals surface area contributed by atoms with Gasteiger partial charge in [-0.1, -0.05) is 6.07 Å². The zero-order valence-electron chi connectivity index (χ0n) is 10.9. The Labute approximate surface area is 115 Å². The lowest BCUT2D eigenvalue weighted by Crippen LogP contribution is -2.11. The monoisotopic (exact) mass is 270 g/mol. The highest BCUT2D eigenvalue weighted by atomic mass is 16.5. The molecule has 3 N–H and O–H groups in total. The molecule has 7 nitrogen and oxygen atoms in total. The molecule has 0 bridgehead atoms. The van der Waals surface area contributed by atoms with Crippen LogP contribution < -0.4 is 11.3 Å². The fourth-order valence-electron chi connectivity index (χ4n) is 1.95. The highest BCUT2D eigenvalue weighted by Crippen LogP contribution is 2.18. The van der Waals surface area contributed by atoms with Crippen LogP contribution in [0.15, 0.2) is 36.7 Å². The van der Waals surface area contributed by atoms with E-state index in [1.165, 1.54) is 0 Å². The number of aromatic nitrogens is 4. The Morgan fingerprint density at radius 3 is 2.95 bits per heavy atom. The molecule has 3 heterocycles. The van der Waals surface area contributed by atoms with Crippen LogP contribution in [0.1, 0.15) is 5.69 Å². The van der Waals surface area contributed by atoms with Gasteiger partial charge in [0, 0.05) is 25.6 Å². The van der Waals surface area contributed by atoms with Crippen molar-refractivity contribution in [3.05, 3.63) is 42.4 Å². The van der Waals surface area contributed by atoms with Gasteiger partial charge in [0.2, 0.25) is 0 Å². The Morgan fingerprint density at radius 2 is 2.20 bits per heavy atom. The lowest BCUT2D eigenvalue weighted by molar-refractivity contribution is 0.181.